The van der Waals surface area contributed by atoms with Gasteiger partial charge in [-0.25, -0.2) is 4.79 Å². The van der Waals surface area contributed by atoms with Gasteiger partial charge in [0.15, 0.2) is 5.78 Å². The second kappa shape index (κ2) is 9.53. The first kappa shape index (κ1) is 21.5. The molecule has 3 heteroatoms. The summed E-state index contributed by atoms with van der Waals surface area (Å²) in [5.74, 6) is 0.541. The second-order valence-corrected chi connectivity index (χ2v) is 8.13. The zero-order chi connectivity index (χ0) is 21.7. The van der Waals surface area contributed by atoms with Crippen LogP contribution in [0.1, 0.15) is 76.9 Å². The Kier molecular flexibility index (Phi) is 6.83. The highest BCUT2D eigenvalue weighted by atomic mass is 16.5. The van der Waals surface area contributed by atoms with Gasteiger partial charge in [-0.1, -0.05) is 88.4 Å². The molecule has 0 aliphatic rings. The summed E-state index contributed by atoms with van der Waals surface area (Å²) in [5.41, 5.74) is 3.97. The summed E-state index contributed by atoms with van der Waals surface area (Å²) >= 11 is 0. The largest absolute Gasteiger partial charge is 0.422 e. The van der Waals surface area contributed by atoms with Gasteiger partial charge < -0.3 is 4.74 Å². The van der Waals surface area contributed by atoms with E-state index < -0.39 is 5.97 Å². The van der Waals surface area contributed by atoms with E-state index in [0.29, 0.717) is 22.8 Å². The quantitative estimate of drug-likeness (QED) is 0.256. The summed E-state index contributed by atoms with van der Waals surface area (Å²) < 4.78 is 5.90. The van der Waals surface area contributed by atoms with Crippen LogP contribution < -0.4 is 4.74 Å². The molecule has 0 amide bonds. The van der Waals surface area contributed by atoms with Crippen molar-refractivity contribution in [3.8, 4) is 5.75 Å². The predicted molar refractivity (Wildman–Crippen MR) is 120 cm³/mol. The maximum absolute atomic E-state index is 12.9. The Balaban J connectivity index is 2.05. The van der Waals surface area contributed by atoms with Crippen molar-refractivity contribution in [1.29, 1.82) is 0 Å². The molecule has 0 N–H and O–H groups in total. The minimum absolute atomic E-state index is 0.00298. The van der Waals surface area contributed by atoms with E-state index in [-0.39, 0.29) is 18.1 Å². The van der Waals surface area contributed by atoms with Crippen LogP contribution in [0.15, 0.2) is 72.8 Å². The molecule has 3 aromatic carbocycles. The zero-order valence-electron chi connectivity index (χ0n) is 18.0. The van der Waals surface area contributed by atoms with Gasteiger partial charge in [0.25, 0.3) is 0 Å². The van der Waals surface area contributed by atoms with Gasteiger partial charge in [0.05, 0.1) is 5.56 Å². The van der Waals surface area contributed by atoms with Gasteiger partial charge >= 0.3 is 5.97 Å². The van der Waals surface area contributed by atoms with Gasteiger partial charge in [0.2, 0.25) is 0 Å². The summed E-state index contributed by atoms with van der Waals surface area (Å²) in [7, 11) is 0. The fraction of sp³-hybridized carbons (Fsp3) is 0.259. The van der Waals surface area contributed by atoms with E-state index in [1.807, 2.05) is 54.6 Å². The highest BCUT2D eigenvalue weighted by Crippen LogP contribution is 2.35. The normalized spacial score (nSPS) is 11.0. The van der Waals surface area contributed by atoms with Crippen molar-refractivity contribution in [2.24, 2.45) is 0 Å². The third-order valence-electron chi connectivity index (χ3n) is 5.16. The first-order chi connectivity index (χ1) is 14.4. The average Bonchev–Trinajstić information content (AvgIpc) is 2.75. The Labute approximate surface area is 178 Å². The molecule has 0 radical (unpaired) electrons. The first-order valence-corrected chi connectivity index (χ1v) is 10.4. The molecule has 0 atom stereocenters. The van der Waals surface area contributed by atoms with Gasteiger partial charge in [-0.15, -0.1) is 0 Å². The predicted octanol–water partition coefficient (Wildman–Crippen LogP) is 6.58. The number of benzene rings is 3. The Bertz CT molecular complexity index is 1020. The monoisotopic (exact) mass is 400 g/mol. The first-order valence-electron chi connectivity index (χ1n) is 10.4. The molecule has 0 spiro atoms. The van der Waals surface area contributed by atoms with Gasteiger partial charge in [-0.05, 0) is 35.1 Å². The maximum atomic E-state index is 12.9. The van der Waals surface area contributed by atoms with Crippen molar-refractivity contribution in [2.45, 2.75) is 46.0 Å². The van der Waals surface area contributed by atoms with Crippen LogP contribution in [0, 0.1) is 0 Å². The Morgan fingerprint density at radius 3 is 1.87 bits per heavy atom. The summed E-state index contributed by atoms with van der Waals surface area (Å²) in [4.78, 5) is 25.8. The zero-order valence-corrected chi connectivity index (χ0v) is 18.0. The van der Waals surface area contributed by atoms with E-state index >= 15 is 0 Å². The standard InChI is InChI=1S/C27H28O3/c1-18(2)22-15-23(17-25(28)20-11-7-5-8-12-20)26(24(16-22)19(3)4)30-27(29)21-13-9-6-10-14-21/h5-16,18-19H,17H2,1-4H3. The number of rotatable bonds is 7. The van der Waals surface area contributed by atoms with Gasteiger partial charge in [-0.2, -0.15) is 0 Å². The molecule has 0 unspecified atom stereocenters. The summed E-state index contributed by atoms with van der Waals surface area (Å²) in [5, 5.41) is 0. The lowest BCUT2D eigenvalue weighted by molar-refractivity contribution is 0.0729. The maximum Gasteiger partial charge on any atom is 0.343 e. The number of carbonyl (C=O) groups is 2. The van der Waals surface area contributed by atoms with E-state index in [4.69, 9.17) is 4.74 Å². The van der Waals surface area contributed by atoms with Crippen molar-refractivity contribution in [3.05, 3.63) is 101 Å². The topological polar surface area (TPSA) is 43.4 Å². The highest BCUT2D eigenvalue weighted by Gasteiger charge is 2.21. The van der Waals surface area contributed by atoms with Crippen molar-refractivity contribution < 1.29 is 14.3 Å². The lowest BCUT2D eigenvalue weighted by Gasteiger charge is -2.20. The van der Waals surface area contributed by atoms with Gasteiger partial charge in [0, 0.05) is 17.5 Å². The SMILES string of the molecule is CC(C)c1cc(CC(=O)c2ccccc2)c(OC(=O)c2ccccc2)c(C(C)C)c1. The van der Waals surface area contributed by atoms with Crippen molar-refractivity contribution in [3.63, 3.8) is 0 Å². The van der Waals surface area contributed by atoms with E-state index in [1.54, 1.807) is 12.1 Å². The van der Waals surface area contributed by atoms with Crippen LogP contribution in [0.4, 0.5) is 0 Å². The van der Waals surface area contributed by atoms with Crippen LogP contribution in [-0.4, -0.2) is 11.8 Å². The van der Waals surface area contributed by atoms with Crippen molar-refractivity contribution >= 4 is 11.8 Å². The second-order valence-electron chi connectivity index (χ2n) is 8.13. The number of hydrogen-bond donors (Lipinski definition) is 0. The van der Waals surface area contributed by atoms with Crippen LogP contribution >= 0.6 is 0 Å². The molecule has 3 rings (SSSR count). The molecule has 0 aromatic heterocycles. The fourth-order valence-corrected chi connectivity index (χ4v) is 3.38. The molecule has 0 saturated heterocycles. The van der Waals surface area contributed by atoms with Crippen LogP contribution in [0.3, 0.4) is 0 Å². The molecule has 3 nitrogen and oxygen atoms in total. The van der Waals surface area contributed by atoms with Gasteiger partial charge in [0.1, 0.15) is 5.75 Å². The third kappa shape index (κ3) is 5.04. The van der Waals surface area contributed by atoms with Crippen LogP contribution in [-0.2, 0) is 6.42 Å². The number of carbonyl (C=O) groups excluding carboxylic acids is 2. The smallest absolute Gasteiger partial charge is 0.343 e. The van der Waals surface area contributed by atoms with Crippen LogP contribution in [0.25, 0.3) is 0 Å². The molecule has 154 valence electrons. The van der Waals surface area contributed by atoms with E-state index in [0.717, 1.165) is 16.7 Å². The average molecular weight is 401 g/mol. The molecule has 0 bridgehead atoms. The molecule has 3 aromatic rings. The van der Waals surface area contributed by atoms with Crippen molar-refractivity contribution in [1.82, 2.24) is 0 Å². The Morgan fingerprint density at radius 1 is 0.767 bits per heavy atom. The van der Waals surface area contributed by atoms with Crippen LogP contribution in [0.2, 0.25) is 0 Å². The third-order valence-corrected chi connectivity index (χ3v) is 5.16. The minimum atomic E-state index is -0.414. The van der Waals surface area contributed by atoms with Crippen molar-refractivity contribution in [2.75, 3.05) is 0 Å². The minimum Gasteiger partial charge on any atom is -0.422 e. The molecular weight excluding hydrogens is 372 g/mol. The summed E-state index contributed by atoms with van der Waals surface area (Å²) in [6.45, 7) is 8.39. The Morgan fingerprint density at radius 2 is 1.33 bits per heavy atom. The Hall–Kier alpha value is -3.20. The molecule has 0 saturated carbocycles. The lowest BCUT2D eigenvalue weighted by atomic mass is 9.89. The fourth-order valence-electron chi connectivity index (χ4n) is 3.38. The van der Waals surface area contributed by atoms with Crippen LogP contribution in [0.5, 0.6) is 5.75 Å². The van der Waals surface area contributed by atoms with E-state index in [2.05, 4.69) is 33.8 Å². The van der Waals surface area contributed by atoms with Gasteiger partial charge in [-0.3, -0.25) is 4.79 Å². The highest BCUT2D eigenvalue weighted by molar-refractivity contribution is 5.98. The number of ketones is 1. The lowest BCUT2D eigenvalue weighted by Crippen LogP contribution is -2.14. The molecular formula is C27H28O3. The summed E-state index contributed by atoms with van der Waals surface area (Å²) in [6, 6.07) is 22.3. The summed E-state index contributed by atoms with van der Waals surface area (Å²) in [6.07, 6.45) is 0.182. The molecule has 0 aliphatic carbocycles. The molecule has 0 heterocycles. The molecule has 30 heavy (non-hydrogen) atoms. The molecule has 0 aliphatic heterocycles. The number of esters is 1. The van der Waals surface area contributed by atoms with E-state index in [9.17, 15) is 9.59 Å². The number of Topliss-reactive ketones (excluding diaryl/α,β-unsaturated/α-hetero) is 1. The number of ether oxygens (including phenoxy) is 1. The van der Waals surface area contributed by atoms with E-state index in [1.165, 1.54) is 0 Å². The molecule has 0 fully saturated rings. The number of hydrogen-bond acceptors (Lipinski definition) is 3.